The third kappa shape index (κ3) is 5.87. The Balaban J connectivity index is 1.04. The highest BCUT2D eigenvalue weighted by Gasteiger charge is 2.26. The van der Waals surface area contributed by atoms with Gasteiger partial charge in [-0.15, -0.1) is 0 Å². The summed E-state index contributed by atoms with van der Waals surface area (Å²) < 4.78 is 7.64. The summed E-state index contributed by atoms with van der Waals surface area (Å²) in [6, 6.07) is 10.5. The predicted molar refractivity (Wildman–Crippen MR) is 153 cm³/mol. The molecular formula is C28H35N11O. The molecular weight excluding hydrogens is 506 g/mol. The lowest BCUT2D eigenvalue weighted by Crippen LogP contribution is -2.47. The number of morpholine rings is 1. The van der Waals surface area contributed by atoms with Gasteiger partial charge in [0.05, 0.1) is 31.1 Å². The van der Waals surface area contributed by atoms with E-state index in [2.05, 4.69) is 78.6 Å². The van der Waals surface area contributed by atoms with Gasteiger partial charge in [0.25, 0.3) is 0 Å². The van der Waals surface area contributed by atoms with E-state index >= 15 is 0 Å². The molecule has 2 N–H and O–H groups in total. The SMILES string of the molecule is CC(C)(c1ccccc1)c1cnc(N2CCN(c3ncnc(Nc4cnn(C[C@@H]5CNCCO5)c4)n3)CC2)nc1. The van der Waals surface area contributed by atoms with E-state index in [-0.39, 0.29) is 11.5 Å². The van der Waals surface area contributed by atoms with Crippen molar-refractivity contribution in [2.75, 3.05) is 61.0 Å². The molecule has 2 aliphatic rings. The van der Waals surface area contributed by atoms with Crippen LogP contribution in [0.15, 0.2) is 61.4 Å². The number of hydrogen-bond acceptors (Lipinski definition) is 11. The Labute approximate surface area is 233 Å². The van der Waals surface area contributed by atoms with Gasteiger partial charge in [0.2, 0.25) is 17.8 Å². The standard InChI is InChI=1S/C28H35N11O/c1-28(2,21-6-4-3-5-7-21)22-14-30-26(31-15-22)37-9-11-38(12-10-37)27-33-20-32-25(36-27)35-23-16-34-39(18-23)19-24-17-29-8-13-40-24/h3-7,14-16,18,20,24,29H,8-13,17,19H2,1-2H3,(H,32,33,35,36)/t24-/m0/s1. The maximum atomic E-state index is 5.77. The molecule has 208 valence electrons. The van der Waals surface area contributed by atoms with E-state index in [4.69, 9.17) is 14.7 Å². The minimum absolute atomic E-state index is 0.119. The van der Waals surface area contributed by atoms with Crippen molar-refractivity contribution in [1.29, 1.82) is 0 Å². The van der Waals surface area contributed by atoms with Gasteiger partial charge < -0.3 is 25.2 Å². The van der Waals surface area contributed by atoms with E-state index in [0.717, 1.165) is 63.1 Å². The number of ether oxygens (including phenoxy) is 1. The minimum Gasteiger partial charge on any atom is -0.374 e. The highest BCUT2D eigenvalue weighted by molar-refractivity contribution is 5.52. The lowest BCUT2D eigenvalue weighted by Gasteiger charge is -2.35. The van der Waals surface area contributed by atoms with Gasteiger partial charge in [0, 0.05) is 63.3 Å². The molecule has 12 heteroatoms. The fraction of sp³-hybridized carbons (Fsp3) is 0.429. The second-order valence-corrected chi connectivity index (χ2v) is 10.6. The third-order valence-corrected chi connectivity index (χ3v) is 7.54. The number of nitrogens with zero attached hydrogens (tertiary/aromatic N) is 9. The summed E-state index contributed by atoms with van der Waals surface area (Å²) in [5.41, 5.74) is 2.99. The highest BCUT2D eigenvalue weighted by atomic mass is 16.5. The topological polar surface area (TPSA) is 122 Å². The fourth-order valence-electron chi connectivity index (χ4n) is 5.04. The summed E-state index contributed by atoms with van der Waals surface area (Å²) in [7, 11) is 0. The first-order chi connectivity index (χ1) is 19.5. The van der Waals surface area contributed by atoms with E-state index in [9.17, 15) is 0 Å². The molecule has 0 spiro atoms. The normalized spacial score (nSPS) is 18.1. The van der Waals surface area contributed by atoms with Crippen LogP contribution in [0.3, 0.4) is 0 Å². The molecule has 0 radical (unpaired) electrons. The monoisotopic (exact) mass is 541 g/mol. The van der Waals surface area contributed by atoms with Crippen molar-refractivity contribution >= 4 is 23.5 Å². The zero-order chi connectivity index (χ0) is 27.4. The van der Waals surface area contributed by atoms with E-state index < -0.39 is 0 Å². The molecule has 2 aliphatic heterocycles. The number of aromatic nitrogens is 7. The van der Waals surface area contributed by atoms with Crippen molar-refractivity contribution in [2.45, 2.75) is 31.9 Å². The molecule has 5 heterocycles. The van der Waals surface area contributed by atoms with Crippen LogP contribution in [0.25, 0.3) is 0 Å². The molecule has 1 atom stereocenters. The molecule has 0 aliphatic carbocycles. The van der Waals surface area contributed by atoms with Crippen LogP contribution < -0.4 is 20.4 Å². The van der Waals surface area contributed by atoms with Crippen LogP contribution in [0.2, 0.25) is 0 Å². The average Bonchev–Trinajstić information content (AvgIpc) is 3.44. The molecule has 3 aromatic heterocycles. The highest BCUT2D eigenvalue weighted by Crippen LogP contribution is 2.31. The van der Waals surface area contributed by atoms with Crippen LogP contribution in [0.1, 0.15) is 25.0 Å². The zero-order valence-corrected chi connectivity index (χ0v) is 22.9. The van der Waals surface area contributed by atoms with E-state index in [1.807, 2.05) is 29.3 Å². The summed E-state index contributed by atoms with van der Waals surface area (Å²) in [4.78, 5) is 27.2. The van der Waals surface area contributed by atoms with Gasteiger partial charge in [-0.2, -0.15) is 10.1 Å². The van der Waals surface area contributed by atoms with E-state index in [1.54, 1.807) is 12.5 Å². The number of nitrogens with one attached hydrogen (secondary N) is 2. The van der Waals surface area contributed by atoms with Crippen molar-refractivity contribution in [3.05, 3.63) is 72.6 Å². The van der Waals surface area contributed by atoms with Gasteiger partial charge in [0.15, 0.2) is 0 Å². The first-order valence-corrected chi connectivity index (χ1v) is 13.7. The van der Waals surface area contributed by atoms with E-state index in [0.29, 0.717) is 18.4 Å². The van der Waals surface area contributed by atoms with Gasteiger partial charge >= 0.3 is 0 Å². The molecule has 2 fully saturated rings. The average molecular weight is 542 g/mol. The first kappa shape index (κ1) is 26.1. The molecule has 2 saturated heterocycles. The van der Waals surface area contributed by atoms with Crippen LogP contribution in [0, 0.1) is 0 Å². The molecule has 4 aromatic rings. The Hall–Kier alpha value is -4.16. The van der Waals surface area contributed by atoms with Crippen LogP contribution in [-0.2, 0) is 16.7 Å². The summed E-state index contributed by atoms with van der Waals surface area (Å²) in [5, 5.41) is 11.0. The molecule has 0 amide bonds. The second kappa shape index (κ2) is 11.5. The largest absolute Gasteiger partial charge is 0.374 e. The maximum absolute atomic E-state index is 5.77. The number of hydrogen-bond donors (Lipinski definition) is 2. The number of benzene rings is 1. The van der Waals surface area contributed by atoms with Crippen molar-refractivity contribution in [1.82, 2.24) is 40.0 Å². The van der Waals surface area contributed by atoms with Crippen molar-refractivity contribution in [3.8, 4) is 0 Å². The Bertz CT molecular complexity index is 1380. The number of piperazine rings is 1. The molecule has 0 bridgehead atoms. The molecule has 6 rings (SSSR count). The molecule has 12 nitrogen and oxygen atoms in total. The Kier molecular flexibility index (Phi) is 7.51. The first-order valence-electron chi connectivity index (χ1n) is 13.7. The zero-order valence-electron chi connectivity index (χ0n) is 22.9. The fourth-order valence-corrected chi connectivity index (χ4v) is 5.04. The lowest BCUT2D eigenvalue weighted by atomic mass is 9.79. The van der Waals surface area contributed by atoms with Gasteiger partial charge in [-0.05, 0) is 11.1 Å². The third-order valence-electron chi connectivity index (χ3n) is 7.54. The van der Waals surface area contributed by atoms with Crippen molar-refractivity contribution < 1.29 is 4.74 Å². The van der Waals surface area contributed by atoms with Crippen molar-refractivity contribution in [3.63, 3.8) is 0 Å². The predicted octanol–water partition coefficient (Wildman–Crippen LogP) is 2.24. The number of anilines is 4. The molecule has 0 saturated carbocycles. The molecule has 1 aromatic carbocycles. The van der Waals surface area contributed by atoms with Crippen LogP contribution in [0.4, 0.5) is 23.5 Å². The number of rotatable bonds is 8. The van der Waals surface area contributed by atoms with Gasteiger partial charge in [-0.25, -0.2) is 19.9 Å². The lowest BCUT2D eigenvalue weighted by molar-refractivity contribution is 0.0161. The molecule has 40 heavy (non-hydrogen) atoms. The smallest absolute Gasteiger partial charge is 0.232 e. The summed E-state index contributed by atoms with van der Waals surface area (Å²) in [6.07, 6.45) is 9.27. The van der Waals surface area contributed by atoms with Gasteiger partial charge in [-0.1, -0.05) is 44.2 Å². The van der Waals surface area contributed by atoms with Crippen LogP contribution >= 0.6 is 0 Å². The second-order valence-electron chi connectivity index (χ2n) is 10.6. The Morgan fingerprint density at radius 1 is 0.925 bits per heavy atom. The maximum Gasteiger partial charge on any atom is 0.232 e. The minimum atomic E-state index is -0.164. The van der Waals surface area contributed by atoms with Gasteiger partial charge in [-0.3, -0.25) is 4.68 Å². The summed E-state index contributed by atoms with van der Waals surface area (Å²) >= 11 is 0. The van der Waals surface area contributed by atoms with Gasteiger partial charge in [0.1, 0.15) is 6.33 Å². The Morgan fingerprint density at radius 3 is 2.40 bits per heavy atom. The van der Waals surface area contributed by atoms with Crippen LogP contribution in [0.5, 0.6) is 0 Å². The summed E-state index contributed by atoms with van der Waals surface area (Å²) in [5.74, 6) is 1.88. The van der Waals surface area contributed by atoms with Crippen LogP contribution in [-0.4, -0.2) is 86.7 Å². The van der Waals surface area contributed by atoms with Crippen molar-refractivity contribution in [2.24, 2.45) is 0 Å². The van der Waals surface area contributed by atoms with E-state index in [1.165, 1.54) is 5.56 Å². The molecule has 0 unspecified atom stereocenters. The Morgan fingerprint density at radius 2 is 1.68 bits per heavy atom. The summed E-state index contributed by atoms with van der Waals surface area (Å²) in [6.45, 7) is 10.6. The quantitative estimate of drug-likeness (QED) is 0.341.